The van der Waals surface area contributed by atoms with E-state index in [0.717, 1.165) is 10.5 Å². The van der Waals surface area contributed by atoms with Crippen molar-refractivity contribution in [2.24, 2.45) is 0 Å². The third-order valence-electron chi connectivity index (χ3n) is 4.50. The first kappa shape index (κ1) is 14.4. The van der Waals surface area contributed by atoms with Gasteiger partial charge in [0.05, 0.1) is 0 Å². The summed E-state index contributed by atoms with van der Waals surface area (Å²) in [5.74, 6) is -5.59. The monoisotopic (exact) mass is 299 g/mol. The van der Waals surface area contributed by atoms with Crippen LogP contribution in [-0.4, -0.2) is 34.0 Å². The second-order valence-electron chi connectivity index (χ2n) is 5.85. The summed E-state index contributed by atoms with van der Waals surface area (Å²) >= 11 is 0. The molecule has 0 spiro atoms. The van der Waals surface area contributed by atoms with Crippen molar-refractivity contribution in [1.82, 2.24) is 4.90 Å². The molecule has 1 aliphatic carbocycles. The molecule has 1 N–H and O–H groups in total. The highest BCUT2D eigenvalue weighted by molar-refractivity contribution is 5.85. The van der Waals surface area contributed by atoms with Crippen LogP contribution >= 0.6 is 0 Å². The van der Waals surface area contributed by atoms with E-state index in [1.54, 1.807) is 6.07 Å². The molecule has 114 valence electrons. The molecule has 0 atom stereocenters. The van der Waals surface area contributed by atoms with Crippen molar-refractivity contribution >= 4 is 5.91 Å². The fraction of sp³-hybridized carbons (Fsp3) is 0.533. The fourth-order valence-electron chi connectivity index (χ4n) is 2.92. The molecular weight excluding hydrogens is 283 g/mol. The lowest BCUT2D eigenvalue weighted by Gasteiger charge is -2.43. The van der Waals surface area contributed by atoms with E-state index in [9.17, 15) is 23.1 Å². The first-order chi connectivity index (χ1) is 9.83. The van der Waals surface area contributed by atoms with E-state index in [4.69, 9.17) is 0 Å². The molecule has 21 heavy (non-hydrogen) atoms. The van der Waals surface area contributed by atoms with Gasteiger partial charge in [-0.15, -0.1) is 0 Å². The summed E-state index contributed by atoms with van der Waals surface area (Å²) < 4.78 is 41.6. The van der Waals surface area contributed by atoms with E-state index in [0.29, 0.717) is 18.4 Å². The average molecular weight is 299 g/mol. The number of carbonyl (C=O) groups is 1. The van der Waals surface area contributed by atoms with Gasteiger partial charge in [-0.25, -0.2) is 4.39 Å². The number of halogens is 3. The quantitative estimate of drug-likeness (QED) is 0.910. The summed E-state index contributed by atoms with van der Waals surface area (Å²) in [4.78, 5) is 13.1. The molecule has 0 bridgehead atoms. The van der Waals surface area contributed by atoms with Crippen LogP contribution in [0.4, 0.5) is 13.2 Å². The van der Waals surface area contributed by atoms with E-state index >= 15 is 0 Å². The molecule has 1 saturated carbocycles. The number of amides is 1. The van der Waals surface area contributed by atoms with Crippen LogP contribution in [0.25, 0.3) is 0 Å². The molecule has 1 aromatic carbocycles. The summed E-state index contributed by atoms with van der Waals surface area (Å²) in [6.07, 6.45) is 0.777. The highest BCUT2D eigenvalue weighted by Gasteiger charge is 2.62. The number of carbonyl (C=O) groups excluding carboxylic acids is 1. The normalized spacial score (nSPS) is 20.7. The van der Waals surface area contributed by atoms with Gasteiger partial charge in [0.15, 0.2) is 0 Å². The summed E-state index contributed by atoms with van der Waals surface area (Å²) in [6, 6.07) is 4.21. The molecule has 0 unspecified atom stereocenters. The van der Waals surface area contributed by atoms with Gasteiger partial charge in [0.1, 0.15) is 11.4 Å². The zero-order chi connectivity index (χ0) is 15.3. The van der Waals surface area contributed by atoms with Gasteiger partial charge in [0, 0.05) is 13.1 Å². The largest absolute Gasteiger partial charge is 0.383 e. The smallest absolute Gasteiger partial charge is 0.352 e. The van der Waals surface area contributed by atoms with E-state index in [2.05, 4.69) is 0 Å². The van der Waals surface area contributed by atoms with Crippen LogP contribution in [0, 0.1) is 5.82 Å². The zero-order valence-corrected chi connectivity index (χ0v) is 11.4. The van der Waals surface area contributed by atoms with Gasteiger partial charge in [0.25, 0.3) is 5.91 Å². The number of nitrogens with zero attached hydrogens (tertiary/aromatic N) is 1. The lowest BCUT2D eigenvalue weighted by molar-refractivity contribution is -0.224. The Kier molecular flexibility index (Phi) is 3.24. The maximum Gasteiger partial charge on any atom is 0.352 e. The number of hydrogen-bond acceptors (Lipinski definition) is 2. The molecule has 3 rings (SSSR count). The van der Waals surface area contributed by atoms with Gasteiger partial charge >= 0.3 is 5.92 Å². The summed E-state index contributed by atoms with van der Waals surface area (Å²) in [5.41, 5.74) is -0.802. The maximum atomic E-state index is 14.2. The standard InChI is InChI=1S/C15H16F3NO2/c16-12-3-2-10-4-7-19(9-11(10)8-12)13(20)15(17,18)14(21)5-1-6-14/h2-3,8,21H,1,4-7,9H2. The molecule has 1 heterocycles. The van der Waals surface area contributed by atoms with Crippen molar-refractivity contribution < 1.29 is 23.1 Å². The SMILES string of the molecule is O=C(N1CCc2ccc(F)cc2C1)C(F)(F)C1(O)CCC1. The Balaban J connectivity index is 1.81. The molecule has 1 amide bonds. The highest BCUT2D eigenvalue weighted by Crippen LogP contribution is 2.45. The van der Waals surface area contributed by atoms with Crippen LogP contribution in [0.2, 0.25) is 0 Å². The second kappa shape index (κ2) is 4.73. The predicted molar refractivity (Wildman–Crippen MR) is 69.3 cm³/mol. The lowest BCUT2D eigenvalue weighted by Crippen LogP contribution is -2.61. The van der Waals surface area contributed by atoms with E-state index in [-0.39, 0.29) is 25.9 Å². The number of alkyl halides is 2. The van der Waals surface area contributed by atoms with Crippen LogP contribution in [0.5, 0.6) is 0 Å². The minimum atomic E-state index is -3.78. The number of rotatable bonds is 2. The van der Waals surface area contributed by atoms with Gasteiger partial charge in [-0.2, -0.15) is 8.78 Å². The molecule has 1 aromatic rings. The fourth-order valence-corrected chi connectivity index (χ4v) is 2.92. The van der Waals surface area contributed by atoms with E-state index in [1.165, 1.54) is 12.1 Å². The van der Waals surface area contributed by atoms with Crippen LogP contribution < -0.4 is 0 Å². The number of fused-ring (bicyclic) bond motifs is 1. The first-order valence-electron chi connectivity index (χ1n) is 7.00. The Hall–Kier alpha value is -1.56. The molecule has 0 saturated heterocycles. The Labute approximate surface area is 120 Å². The van der Waals surface area contributed by atoms with Crippen molar-refractivity contribution in [3.05, 3.63) is 35.1 Å². The topological polar surface area (TPSA) is 40.5 Å². The van der Waals surface area contributed by atoms with E-state index in [1.807, 2.05) is 0 Å². The Morgan fingerprint density at radius 2 is 2.00 bits per heavy atom. The Bertz CT molecular complexity index is 584. The van der Waals surface area contributed by atoms with Crippen molar-refractivity contribution in [2.45, 2.75) is 43.8 Å². The van der Waals surface area contributed by atoms with Crippen molar-refractivity contribution in [1.29, 1.82) is 0 Å². The molecule has 1 aliphatic heterocycles. The zero-order valence-electron chi connectivity index (χ0n) is 11.4. The predicted octanol–water partition coefficient (Wildman–Crippen LogP) is 2.26. The third-order valence-corrected chi connectivity index (χ3v) is 4.50. The van der Waals surface area contributed by atoms with Crippen LogP contribution in [0.3, 0.4) is 0 Å². The van der Waals surface area contributed by atoms with Gasteiger partial charge in [-0.3, -0.25) is 4.79 Å². The van der Waals surface area contributed by atoms with Crippen molar-refractivity contribution in [3.8, 4) is 0 Å². The number of benzene rings is 1. The minimum absolute atomic E-state index is 0.0441. The second-order valence-corrected chi connectivity index (χ2v) is 5.85. The van der Waals surface area contributed by atoms with Gasteiger partial charge in [-0.1, -0.05) is 6.07 Å². The molecule has 0 aromatic heterocycles. The summed E-state index contributed by atoms with van der Waals surface area (Å²) in [6.45, 7) is 0.112. The molecule has 2 aliphatic rings. The highest BCUT2D eigenvalue weighted by atomic mass is 19.3. The summed E-state index contributed by atoms with van der Waals surface area (Å²) in [5, 5.41) is 9.82. The van der Waals surface area contributed by atoms with E-state index < -0.39 is 23.2 Å². The van der Waals surface area contributed by atoms with Crippen LogP contribution in [0.15, 0.2) is 18.2 Å². The molecule has 3 nitrogen and oxygen atoms in total. The maximum absolute atomic E-state index is 14.2. The summed E-state index contributed by atoms with van der Waals surface area (Å²) in [7, 11) is 0. The molecule has 1 fully saturated rings. The number of hydrogen-bond donors (Lipinski definition) is 1. The third kappa shape index (κ3) is 2.21. The Morgan fingerprint density at radius 3 is 2.62 bits per heavy atom. The molecule has 6 heteroatoms. The van der Waals surface area contributed by atoms with Gasteiger partial charge < -0.3 is 10.0 Å². The minimum Gasteiger partial charge on any atom is -0.383 e. The van der Waals surface area contributed by atoms with Crippen molar-refractivity contribution in [2.75, 3.05) is 6.54 Å². The van der Waals surface area contributed by atoms with Crippen LogP contribution in [0.1, 0.15) is 30.4 Å². The van der Waals surface area contributed by atoms with Crippen molar-refractivity contribution in [3.63, 3.8) is 0 Å². The van der Waals surface area contributed by atoms with Gasteiger partial charge in [0.2, 0.25) is 0 Å². The Morgan fingerprint density at radius 1 is 1.29 bits per heavy atom. The average Bonchev–Trinajstić information content (AvgIpc) is 2.42. The first-order valence-corrected chi connectivity index (χ1v) is 7.00. The molecule has 0 radical (unpaired) electrons. The lowest BCUT2D eigenvalue weighted by atomic mass is 9.75. The van der Waals surface area contributed by atoms with Crippen LogP contribution in [-0.2, 0) is 17.8 Å². The molecular formula is C15H16F3NO2. The van der Waals surface area contributed by atoms with Gasteiger partial charge in [-0.05, 0) is 48.9 Å². The number of aliphatic hydroxyl groups is 1.